The van der Waals surface area contributed by atoms with Crippen LogP contribution in [-0.2, 0) is 6.54 Å². The van der Waals surface area contributed by atoms with Crippen molar-refractivity contribution in [3.63, 3.8) is 0 Å². The molecule has 1 aliphatic heterocycles. The van der Waals surface area contributed by atoms with Gasteiger partial charge in [0.2, 0.25) is 0 Å². The van der Waals surface area contributed by atoms with Crippen LogP contribution in [0.5, 0.6) is 0 Å². The number of piperidine rings is 1. The first-order valence-electron chi connectivity index (χ1n) is 11.4. The average Bonchev–Trinajstić information content (AvgIpc) is 3.35. The minimum atomic E-state index is -0.0989. The fraction of sp³-hybridized carbons (Fsp3) is 0.222. The van der Waals surface area contributed by atoms with Gasteiger partial charge in [-0.2, -0.15) is 0 Å². The lowest BCUT2D eigenvalue weighted by Crippen LogP contribution is -2.37. The van der Waals surface area contributed by atoms with E-state index in [1.807, 2.05) is 58.1 Å². The summed E-state index contributed by atoms with van der Waals surface area (Å²) in [5, 5.41) is 3.61. The van der Waals surface area contributed by atoms with Crippen molar-refractivity contribution in [2.45, 2.75) is 25.3 Å². The molecule has 2 aromatic carbocycles. The Kier molecular flexibility index (Phi) is 6.32. The SMILES string of the molecule is O=C(NCc1ccn2ccnc2c1)c1ccc(C2CCN(C(=O)c3ccc(Cl)cc3)CC2)cc1. The molecule has 3 heterocycles. The van der Waals surface area contributed by atoms with E-state index >= 15 is 0 Å². The fourth-order valence-electron chi connectivity index (χ4n) is 4.44. The maximum atomic E-state index is 12.7. The van der Waals surface area contributed by atoms with Crippen molar-refractivity contribution in [1.29, 1.82) is 0 Å². The molecule has 1 saturated heterocycles. The van der Waals surface area contributed by atoms with Gasteiger partial charge >= 0.3 is 0 Å². The molecule has 0 bridgehead atoms. The lowest BCUT2D eigenvalue weighted by atomic mass is 9.88. The average molecular weight is 473 g/mol. The fourth-order valence-corrected chi connectivity index (χ4v) is 4.57. The van der Waals surface area contributed by atoms with E-state index in [1.165, 1.54) is 5.56 Å². The number of fused-ring (bicyclic) bond motifs is 1. The van der Waals surface area contributed by atoms with Crippen LogP contribution in [0.15, 0.2) is 79.3 Å². The third-order valence-electron chi connectivity index (χ3n) is 6.43. The van der Waals surface area contributed by atoms with Crippen LogP contribution in [0.3, 0.4) is 0 Å². The second-order valence-corrected chi connectivity index (χ2v) is 9.04. The second-order valence-electron chi connectivity index (χ2n) is 8.61. The second kappa shape index (κ2) is 9.69. The predicted molar refractivity (Wildman–Crippen MR) is 132 cm³/mol. The van der Waals surface area contributed by atoms with Gasteiger partial charge in [-0.3, -0.25) is 9.59 Å². The largest absolute Gasteiger partial charge is 0.348 e. The molecule has 0 atom stereocenters. The van der Waals surface area contributed by atoms with Crippen molar-refractivity contribution in [2.75, 3.05) is 13.1 Å². The number of nitrogens with zero attached hydrogens (tertiary/aromatic N) is 3. The van der Waals surface area contributed by atoms with Gasteiger partial charge in [-0.15, -0.1) is 0 Å². The van der Waals surface area contributed by atoms with Crippen LogP contribution < -0.4 is 5.32 Å². The maximum absolute atomic E-state index is 12.7. The van der Waals surface area contributed by atoms with Crippen molar-refractivity contribution >= 4 is 29.1 Å². The van der Waals surface area contributed by atoms with Crippen molar-refractivity contribution in [1.82, 2.24) is 19.6 Å². The van der Waals surface area contributed by atoms with Gasteiger partial charge in [0.05, 0.1) is 0 Å². The standard InChI is InChI=1S/C27H25ClN4O2/c28-24-7-5-23(6-8-24)27(34)32-14-10-21(11-15-32)20-1-3-22(4-2-20)26(33)30-18-19-9-13-31-16-12-29-25(31)17-19/h1-9,12-13,16-17,21H,10-11,14-15,18H2,(H,30,33). The molecule has 2 aromatic heterocycles. The minimum absolute atomic E-state index is 0.0500. The van der Waals surface area contributed by atoms with Crippen LogP contribution in [0, 0.1) is 0 Å². The van der Waals surface area contributed by atoms with Gasteiger partial charge in [-0.05, 0) is 78.4 Å². The van der Waals surface area contributed by atoms with Gasteiger partial charge in [-0.1, -0.05) is 23.7 Å². The first-order chi connectivity index (χ1) is 16.6. The summed E-state index contributed by atoms with van der Waals surface area (Å²) in [5.74, 6) is 0.333. The van der Waals surface area contributed by atoms with Crippen LogP contribution >= 0.6 is 11.6 Å². The zero-order valence-electron chi connectivity index (χ0n) is 18.7. The van der Waals surface area contributed by atoms with E-state index in [0.717, 1.165) is 37.1 Å². The van der Waals surface area contributed by atoms with E-state index in [9.17, 15) is 9.59 Å². The Morgan fingerprint density at radius 3 is 2.38 bits per heavy atom. The van der Waals surface area contributed by atoms with Crippen LogP contribution in [0.2, 0.25) is 5.02 Å². The lowest BCUT2D eigenvalue weighted by Gasteiger charge is -2.32. The molecular formula is C27H25ClN4O2. The molecule has 1 aliphatic rings. The summed E-state index contributed by atoms with van der Waals surface area (Å²) in [4.78, 5) is 31.5. The number of pyridine rings is 1. The summed E-state index contributed by atoms with van der Waals surface area (Å²) in [5.41, 5.74) is 4.38. The first kappa shape index (κ1) is 22.2. The predicted octanol–water partition coefficient (Wildman–Crippen LogP) is 4.94. The normalized spacial score (nSPS) is 14.3. The molecule has 5 rings (SSSR count). The zero-order valence-corrected chi connectivity index (χ0v) is 19.4. The number of amides is 2. The topological polar surface area (TPSA) is 66.7 Å². The molecule has 2 amide bonds. The number of halogens is 1. The molecule has 0 saturated carbocycles. The summed E-state index contributed by atoms with van der Waals surface area (Å²) in [6, 6.07) is 18.8. The maximum Gasteiger partial charge on any atom is 0.253 e. The summed E-state index contributed by atoms with van der Waals surface area (Å²) >= 11 is 5.93. The number of likely N-dealkylation sites (tertiary alicyclic amines) is 1. The Morgan fingerprint density at radius 2 is 1.65 bits per heavy atom. The Morgan fingerprint density at radius 1 is 0.941 bits per heavy atom. The van der Waals surface area contributed by atoms with E-state index in [4.69, 9.17) is 11.6 Å². The number of rotatable bonds is 5. The number of carbonyl (C=O) groups is 2. The van der Waals surface area contributed by atoms with Crippen LogP contribution in [0.1, 0.15) is 50.6 Å². The molecule has 4 aromatic rings. The minimum Gasteiger partial charge on any atom is -0.348 e. The third kappa shape index (κ3) is 4.82. The Hall–Kier alpha value is -3.64. The smallest absolute Gasteiger partial charge is 0.253 e. The highest BCUT2D eigenvalue weighted by molar-refractivity contribution is 6.30. The molecule has 7 heteroatoms. The Bertz CT molecular complexity index is 1310. The third-order valence-corrected chi connectivity index (χ3v) is 6.68. The first-order valence-corrected chi connectivity index (χ1v) is 11.8. The highest BCUT2D eigenvalue weighted by atomic mass is 35.5. The van der Waals surface area contributed by atoms with Gasteiger partial charge in [0.1, 0.15) is 5.65 Å². The molecule has 6 nitrogen and oxygen atoms in total. The van der Waals surface area contributed by atoms with E-state index in [1.54, 1.807) is 30.5 Å². The molecule has 0 unspecified atom stereocenters. The van der Waals surface area contributed by atoms with E-state index in [2.05, 4.69) is 10.3 Å². The summed E-state index contributed by atoms with van der Waals surface area (Å²) in [6.45, 7) is 1.88. The van der Waals surface area contributed by atoms with E-state index in [0.29, 0.717) is 28.6 Å². The number of hydrogen-bond donors (Lipinski definition) is 1. The molecule has 0 radical (unpaired) electrons. The van der Waals surface area contributed by atoms with Gasteiger partial charge < -0.3 is 14.6 Å². The lowest BCUT2D eigenvalue weighted by molar-refractivity contribution is 0.0712. The van der Waals surface area contributed by atoms with E-state index in [-0.39, 0.29) is 11.8 Å². The molecule has 0 aliphatic carbocycles. The summed E-state index contributed by atoms with van der Waals surface area (Å²) in [7, 11) is 0. The molecule has 172 valence electrons. The van der Waals surface area contributed by atoms with Crippen LogP contribution in [-0.4, -0.2) is 39.2 Å². The van der Waals surface area contributed by atoms with Crippen LogP contribution in [0.25, 0.3) is 5.65 Å². The molecule has 1 fully saturated rings. The summed E-state index contributed by atoms with van der Waals surface area (Å²) < 4.78 is 1.93. The van der Waals surface area contributed by atoms with Crippen molar-refractivity contribution in [2.24, 2.45) is 0 Å². The van der Waals surface area contributed by atoms with Crippen molar-refractivity contribution < 1.29 is 9.59 Å². The number of carbonyl (C=O) groups excluding carboxylic acids is 2. The van der Waals surface area contributed by atoms with Crippen molar-refractivity contribution in [3.8, 4) is 0 Å². The quantitative estimate of drug-likeness (QED) is 0.447. The Balaban J connectivity index is 1.14. The summed E-state index contributed by atoms with van der Waals surface area (Å²) in [6.07, 6.45) is 7.39. The van der Waals surface area contributed by atoms with Gasteiger partial charge in [-0.25, -0.2) is 4.98 Å². The van der Waals surface area contributed by atoms with Crippen molar-refractivity contribution in [3.05, 3.63) is 107 Å². The number of imidazole rings is 1. The Labute approximate surface area is 203 Å². The van der Waals surface area contributed by atoms with Gasteiger partial charge in [0, 0.05) is 54.4 Å². The molecule has 1 N–H and O–H groups in total. The number of nitrogens with one attached hydrogen (secondary N) is 1. The highest BCUT2D eigenvalue weighted by Crippen LogP contribution is 2.29. The number of aromatic nitrogens is 2. The molecule has 34 heavy (non-hydrogen) atoms. The van der Waals surface area contributed by atoms with E-state index < -0.39 is 0 Å². The van der Waals surface area contributed by atoms with Crippen LogP contribution in [0.4, 0.5) is 0 Å². The van der Waals surface area contributed by atoms with Gasteiger partial charge in [0.25, 0.3) is 11.8 Å². The number of benzene rings is 2. The number of hydrogen-bond acceptors (Lipinski definition) is 3. The van der Waals surface area contributed by atoms with Gasteiger partial charge in [0.15, 0.2) is 0 Å². The molecular weight excluding hydrogens is 448 g/mol. The molecule has 0 spiro atoms. The zero-order chi connectivity index (χ0) is 23.5. The highest BCUT2D eigenvalue weighted by Gasteiger charge is 2.24. The monoisotopic (exact) mass is 472 g/mol.